The number of hydrogen-bond donors (Lipinski definition) is 1. The first-order valence-corrected chi connectivity index (χ1v) is 11.9. The van der Waals surface area contributed by atoms with E-state index in [-0.39, 0.29) is 11.9 Å². The van der Waals surface area contributed by atoms with E-state index in [9.17, 15) is 9.59 Å². The Bertz CT molecular complexity index is 1270. The molecule has 0 saturated heterocycles. The third-order valence-corrected chi connectivity index (χ3v) is 5.46. The van der Waals surface area contributed by atoms with E-state index in [1.165, 1.54) is 14.0 Å². The molecule has 1 heterocycles. The fourth-order valence-electron chi connectivity index (χ4n) is 2.79. The van der Waals surface area contributed by atoms with Crippen LogP contribution in [0.2, 0.25) is 0 Å². The van der Waals surface area contributed by atoms with Gasteiger partial charge in [-0.2, -0.15) is 10.2 Å². The summed E-state index contributed by atoms with van der Waals surface area (Å²) in [5.41, 5.74) is 3.97. The molecule has 1 N–H and O–H groups in total. The minimum absolute atomic E-state index is 0.0892. The van der Waals surface area contributed by atoms with Crippen LogP contribution in [0.15, 0.2) is 113 Å². The molecule has 182 valence electrons. The molecule has 4 aromatic rings. The molecule has 0 aliphatic rings. The Morgan fingerprint density at radius 3 is 2.03 bits per heavy atom. The van der Waals surface area contributed by atoms with Crippen LogP contribution >= 0.6 is 11.8 Å². The van der Waals surface area contributed by atoms with Crippen molar-refractivity contribution in [2.75, 3.05) is 12.4 Å². The van der Waals surface area contributed by atoms with Gasteiger partial charge in [-0.05, 0) is 60.2 Å². The van der Waals surface area contributed by atoms with E-state index in [2.05, 4.69) is 30.3 Å². The van der Waals surface area contributed by atoms with Gasteiger partial charge in [-0.15, -0.1) is 0 Å². The molecular weight excluding hydrogens is 474 g/mol. The number of esters is 1. The minimum Gasteiger partial charge on any atom is -0.465 e. The molecule has 8 nitrogen and oxygen atoms in total. The Kier molecular flexibility index (Phi) is 10.3. The van der Waals surface area contributed by atoms with E-state index in [4.69, 9.17) is 0 Å². The first-order valence-electron chi connectivity index (χ1n) is 10.9. The van der Waals surface area contributed by atoms with E-state index in [1.807, 2.05) is 42.5 Å². The SMILES string of the molecule is CC(=O)Nc1ccc(/N=N/c2ccccc2)cc1.COC(=O)c1ccc(CSc2ncccn2)cc1. The van der Waals surface area contributed by atoms with Gasteiger partial charge in [0.1, 0.15) is 0 Å². The van der Waals surface area contributed by atoms with Crippen molar-refractivity contribution >= 4 is 40.7 Å². The van der Waals surface area contributed by atoms with Gasteiger partial charge in [0.25, 0.3) is 0 Å². The summed E-state index contributed by atoms with van der Waals surface area (Å²) in [5.74, 6) is 0.361. The summed E-state index contributed by atoms with van der Waals surface area (Å²) in [6.45, 7) is 1.48. The van der Waals surface area contributed by atoms with Crippen LogP contribution in [-0.4, -0.2) is 29.0 Å². The number of anilines is 1. The van der Waals surface area contributed by atoms with Crippen molar-refractivity contribution in [3.63, 3.8) is 0 Å². The van der Waals surface area contributed by atoms with Gasteiger partial charge >= 0.3 is 5.97 Å². The van der Waals surface area contributed by atoms with Crippen molar-refractivity contribution in [2.24, 2.45) is 10.2 Å². The molecular formula is C27H25N5O3S. The Morgan fingerprint density at radius 2 is 1.44 bits per heavy atom. The fourth-order valence-corrected chi connectivity index (χ4v) is 3.55. The van der Waals surface area contributed by atoms with Gasteiger partial charge < -0.3 is 10.1 Å². The van der Waals surface area contributed by atoms with Crippen molar-refractivity contribution in [3.05, 3.63) is 108 Å². The molecule has 3 aromatic carbocycles. The molecule has 0 radical (unpaired) electrons. The van der Waals surface area contributed by atoms with Gasteiger partial charge in [0, 0.05) is 30.8 Å². The predicted octanol–water partition coefficient (Wildman–Crippen LogP) is 6.62. The van der Waals surface area contributed by atoms with Crippen molar-refractivity contribution in [1.82, 2.24) is 9.97 Å². The van der Waals surface area contributed by atoms with Gasteiger partial charge in [0.05, 0.1) is 24.0 Å². The molecule has 0 fully saturated rings. The van der Waals surface area contributed by atoms with E-state index in [0.717, 1.165) is 33.5 Å². The lowest BCUT2D eigenvalue weighted by Crippen LogP contribution is -2.04. The summed E-state index contributed by atoms with van der Waals surface area (Å²) in [7, 11) is 1.37. The number of benzene rings is 3. The Balaban J connectivity index is 0.000000201. The highest BCUT2D eigenvalue weighted by molar-refractivity contribution is 7.98. The van der Waals surface area contributed by atoms with E-state index >= 15 is 0 Å². The Morgan fingerprint density at radius 1 is 0.833 bits per heavy atom. The maximum atomic E-state index is 11.3. The molecule has 36 heavy (non-hydrogen) atoms. The second-order valence-corrected chi connectivity index (χ2v) is 8.21. The number of aromatic nitrogens is 2. The van der Waals surface area contributed by atoms with Crippen LogP contribution in [-0.2, 0) is 15.3 Å². The summed E-state index contributed by atoms with van der Waals surface area (Å²) in [4.78, 5) is 30.4. The number of hydrogen-bond acceptors (Lipinski definition) is 8. The van der Waals surface area contributed by atoms with Gasteiger partial charge in [-0.1, -0.05) is 42.1 Å². The van der Waals surface area contributed by atoms with Gasteiger partial charge in [0.15, 0.2) is 5.16 Å². The highest BCUT2D eigenvalue weighted by atomic mass is 32.2. The number of ether oxygens (including phenoxy) is 1. The van der Waals surface area contributed by atoms with E-state index < -0.39 is 0 Å². The number of rotatable bonds is 7. The fraction of sp³-hybridized carbons (Fsp3) is 0.111. The van der Waals surface area contributed by atoms with Crippen LogP contribution in [0, 0.1) is 0 Å². The lowest BCUT2D eigenvalue weighted by molar-refractivity contribution is -0.114. The summed E-state index contributed by atoms with van der Waals surface area (Å²) in [6, 6.07) is 25.8. The zero-order valence-corrected chi connectivity index (χ0v) is 20.7. The average Bonchev–Trinajstić information content (AvgIpc) is 2.92. The number of amides is 1. The Hall–Kier alpha value is -4.37. The second-order valence-electron chi connectivity index (χ2n) is 7.27. The smallest absolute Gasteiger partial charge is 0.337 e. The molecule has 1 amide bonds. The topological polar surface area (TPSA) is 106 Å². The zero-order chi connectivity index (χ0) is 25.6. The minimum atomic E-state index is -0.319. The summed E-state index contributed by atoms with van der Waals surface area (Å²) in [6.07, 6.45) is 3.44. The standard InChI is InChI=1S/C14H13N3O.C13H12N2O2S/c1-11(18)15-12-7-9-14(10-8-12)17-16-13-5-3-2-4-6-13;1-17-12(16)11-5-3-10(4-6-11)9-18-13-14-7-2-8-15-13/h2-10H,1H3,(H,15,18);2-8H,9H2,1H3/b17-16+;. The predicted molar refractivity (Wildman–Crippen MR) is 141 cm³/mol. The first kappa shape index (κ1) is 26.2. The monoisotopic (exact) mass is 499 g/mol. The van der Waals surface area contributed by atoms with Crippen molar-refractivity contribution in [1.29, 1.82) is 0 Å². The molecule has 0 aliphatic carbocycles. The van der Waals surface area contributed by atoms with Crippen LogP contribution in [0.3, 0.4) is 0 Å². The highest BCUT2D eigenvalue weighted by Crippen LogP contribution is 2.20. The number of nitrogens with one attached hydrogen (secondary N) is 1. The quantitative estimate of drug-likeness (QED) is 0.133. The first-order chi connectivity index (χ1) is 17.5. The molecule has 1 aromatic heterocycles. The maximum Gasteiger partial charge on any atom is 0.337 e. The third-order valence-electron chi connectivity index (χ3n) is 4.51. The third kappa shape index (κ3) is 9.11. The van der Waals surface area contributed by atoms with Gasteiger partial charge in [-0.3, -0.25) is 4.79 Å². The molecule has 9 heteroatoms. The van der Waals surface area contributed by atoms with Crippen LogP contribution in [0.25, 0.3) is 0 Å². The average molecular weight is 500 g/mol. The number of azo groups is 1. The number of thioether (sulfide) groups is 1. The van der Waals surface area contributed by atoms with Gasteiger partial charge in [-0.25, -0.2) is 14.8 Å². The van der Waals surface area contributed by atoms with Crippen LogP contribution in [0.5, 0.6) is 0 Å². The summed E-state index contributed by atoms with van der Waals surface area (Å²) >= 11 is 1.56. The summed E-state index contributed by atoms with van der Waals surface area (Å²) < 4.78 is 4.64. The van der Waals surface area contributed by atoms with E-state index in [1.54, 1.807) is 66.6 Å². The Labute approximate surface area is 213 Å². The molecule has 0 saturated carbocycles. The molecule has 0 bridgehead atoms. The zero-order valence-electron chi connectivity index (χ0n) is 19.9. The van der Waals surface area contributed by atoms with Crippen LogP contribution in [0.1, 0.15) is 22.8 Å². The van der Waals surface area contributed by atoms with Crippen LogP contribution < -0.4 is 5.32 Å². The lowest BCUT2D eigenvalue weighted by Gasteiger charge is -2.02. The second kappa shape index (κ2) is 14.1. The molecule has 0 aliphatic heterocycles. The van der Waals surface area contributed by atoms with Crippen molar-refractivity contribution in [3.8, 4) is 0 Å². The molecule has 4 rings (SSSR count). The number of carbonyl (C=O) groups excluding carboxylic acids is 2. The maximum absolute atomic E-state index is 11.3. The lowest BCUT2D eigenvalue weighted by atomic mass is 10.1. The van der Waals surface area contributed by atoms with Crippen molar-refractivity contribution in [2.45, 2.75) is 17.8 Å². The molecule has 0 spiro atoms. The molecule has 0 unspecified atom stereocenters. The number of methoxy groups -OCH3 is 1. The van der Waals surface area contributed by atoms with Crippen molar-refractivity contribution < 1.29 is 14.3 Å². The van der Waals surface area contributed by atoms with E-state index in [0.29, 0.717) is 5.56 Å². The molecule has 0 atom stereocenters. The van der Waals surface area contributed by atoms with Gasteiger partial charge in [0.2, 0.25) is 5.91 Å². The number of nitrogens with zero attached hydrogens (tertiary/aromatic N) is 4. The number of carbonyl (C=O) groups is 2. The largest absolute Gasteiger partial charge is 0.465 e. The van der Waals surface area contributed by atoms with Crippen LogP contribution in [0.4, 0.5) is 17.1 Å². The summed E-state index contributed by atoms with van der Waals surface area (Å²) in [5, 5.41) is 11.7. The highest BCUT2D eigenvalue weighted by Gasteiger charge is 2.05. The normalized spacial score (nSPS) is 10.3.